The van der Waals surface area contributed by atoms with Crippen LogP contribution >= 0.6 is 11.3 Å². The number of carbonyl (C=O) groups is 1. The van der Waals surface area contributed by atoms with Gasteiger partial charge in [0.05, 0.1) is 7.11 Å². The Hall–Kier alpha value is -2.40. The second kappa shape index (κ2) is 4.05. The van der Waals surface area contributed by atoms with Gasteiger partial charge in [0, 0.05) is 26.2 Å². The van der Waals surface area contributed by atoms with Crippen molar-refractivity contribution in [1.29, 1.82) is 0 Å². The highest BCUT2D eigenvalue weighted by molar-refractivity contribution is 7.18. The Bertz CT molecular complexity index is 968. The lowest BCUT2D eigenvalue weighted by molar-refractivity contribution is 0.0596. The maximum absolute atomic E-state index is 11.9. The number of fused-ring (bicyclic) bond motifs is 6. The Morgan fingerprint density at radius 2 is 2.00 bits per heavy atom. The summed E-state index contributed by atoms with van der Waals surface area (Å²) in [5, 5.41) is 13.3. The molecule has 0 amide bonds. The number of benzene rings is 2. The Morgan fingerprint density at radius 1 is 1.20 bits per heavy atom. The summed E-state index contributed by atoms with van der Waals surface area (Å²) < 4.78 is 6.00. The molecule has 0 aliphatic heterocycles. The van der Waals surface area contributed by atoms with Gasteiger partial charge in [0.2, 0.25) is 0 Å². The van der Waals surface area contributed by atoms with Crippen LogP contribution in [0.15, 0.2) is 35.7 Å². The van der Waals surface area contributed by atoms with Crippen molar-refractivity contribution in [2.45, 2.75) is 0 Å². The van der Waals surface area contributed by atoms with Crippen molar-refractivity contribution in [3.63, 3.8) is 0 Å². The molecule has 4 rings (SSSR count). The molecule has 0 bridgehead atoms. The monoisotopic (exact) mass is 282 g/mol. The van der Waals surface area contributed by atoms with E-state index in [4.69, 9.17) is 4.74 Å². The van der Waals surface area contributed by atoms with Gasteiger partial charge in [-0.3, -0.25) is 5.10 Å². The smallest absolute Gasteiger partial charge is 0.356 e. The molecule has 0 saturated heterocycles. The lowest BCUT2D eigenvalue weighted by Gasteiger charge is -2.02. The standard InChI is InChI=1S/C15H10N2O2S/c1-19-15(18)13-11-10-6-7-20-14(10)9-5-3-2-4-8(9)12(11)16-17-13/h2-7H,1H3,(H,16,17). The van der Waals surface area contributed by atoms with Crippen LogP contribution < -0.4 is 0 Å². The largest absolute Gasteiger partial charge is 0.464 e. The molecule has 4 nitrogen and oxygen atoms in total. The topological polar surface area (TPSA) is 55.0 Å². The molecule has 5 heteroatoms. The highest BCUT2D eigenvalue weighted by Crippen LogP contribution is 2.38. The third-order valence-corrected chi connectivity index (χ3v) is 4.46. The van der Waals surface area contributed by atoms with Crippen molar-refractivity contribution in [1.82, 2.24) is 10.2 Å². The molecule has 2 aromatic heterocycles. The fraction of sp³-hybridized carbons (Fsp3) is 0.0667. The minimum absolute atomic E-state index is 0.393. The predicted octanol–water partition coefficient (Wildman–Crippen LogP) is 3.72. The van der Waals surface area contributed by atoms with Gasteiger partial charge >= 0.3 is 5.97 Å². The van der Waals surface area contributed by atoms with Crippen LogP contribution in [-0.2, 0) is 4.74 Å². The molecular weight excluding hydrogens is 272 g/mol. The summed E-state index contributed by atoms with van der Waals surface area (Å²) in [6.45, 7) is 0. The van der Waals surface area contributed by atoms with Gasteiger partial charge in [-0.05, 0) is 11.4 Å². The van der Waals surface area contributed by atoms with Gasteiger partial charge in [-0.15, -0.1) is 11.3 Å². The minimum atomic E-state index is -0.393. The first-order valence-electron chi connectivity index (χ1n) is 6.15. The zero-order valence-electron chi connectivity index (χ0n) is 10.6. The number of esters is 1. The number of methoxy groups -OCH3 is 1. The molecule has 1 N–H and O–H groups in total. The summed E-state index contributed by atoms with van der Waals surface area (Å²) >= 11 is 1.67. The Kier molecular flexibility index (Phi) is 2.31. The number of thiophene rings is 1. The number of hydrogen-bond donors (Lipinski definition) is 1. The van der Waals surface area contributed by atoms with Crippen LogP contribution in [0.4, 0.5) is 0 Å². The van der Waals surface area contributed by atoms with Crippen LogP contribution in [0, 0.1) is 0 Å². The van der Waals surface area contributed by atoms with E-state index in [1.54, 1.807) is 11.3 Å². The lowest BCUT2D eigenvalue weighted by atomic mass is 10.0. The number of aromatic nitrogens is 2. The number of rotatable bonds is 1. The molecule has 98 valence electrons. The number of aromatic amines is 1. The third-order valence-electron chi connectivity index (χ3n) is 3.52. The van der Waals surface area contributed by atoms with Gasteiger partial charge in [0.25, 0.3) is 0 Å². The van der Waals surface area contributed by atoms with Crippen LogP contribution in [0.1, 0.15) is 10.5 Å². The van der Waals surface area contributed by atoms with E-state index >= 15 is 0 Å². The highest BCUT2D eigenvalue weighted by atomic mass is 32.1. The van der Waals surface area contributed by atoms with E-state index in [1.165, 1.54) is 11.8 Å². The molecule has 4 aromatic rings. The van der Waals surface area contributed by atoms with E-state index in [-0.39, 0.29) is 0 Å². The molecule has 20 heavy (non-hydrogen) atoms. The Morgan fingerprint density at radius 3 is 2.80 bits per heavy atom. The highest BCUT2D eigenvalue weighted by Gasteiger charge is 2.19. The van der Waals surface area contributed by atoms with E-state index < -0.39 is 5.97 Å². The SMILES string of the molecule is COC(=O)c1[nH]nc2c3ccccc3c3sccc3c12. The summed E-state index contributed by atoms with van der Waals surface area (Å²) in [4.78, 5) is 11.9. The van der Waals surface area contributed by atoms with E-state index in [0.717, 1.165) is 27.1 Å². The molecule has 0 aliphatic rings. The van der Waals surface area contributed by atoms with Crippen molar-refractivity contribution in [3.05, 3.63) is 41.4 Å². The first-order chi connectivity index (χ1) is 9.81. The molecule has 0 atom stereocenters. The summed E-state index contributed by atoms with van der Waals surface area (Å²) in [5.74, 6) is -0.393. The fourth-order valence-electron chi connectivity index (χ4n) is 2.65. The van der Waals surface area contributed by atoms with E-state index in [2.05, 4.69) is 16.3 Å². The van der Waals surface area contributed by atoms with E-state index in [9.17, 15) is 4.79 Å². The maximum Gasteiger partial charge on any atom is 0.356 e. The van der Waals surface area contributed by atoms with Crippen molar-refractivity contribution in [2.75, 3.05) is 7.11 Å². The average Bonchev–Trinajstić information content (AvgIpc) is 3.13. The minimum Gasteiger partial charge on any atom is -0.464 e. The Labute approximate surface area is 118 Å². The van der Waals surface area contributed by atoms with Crippen LogP contribution in [0.25, 0.3) is 31.8 Å². The number of nitrogens with zero attached hydrogens (tertiary/aromatic N) is 1. The number of nitrogens with one attached hydrogen (secondary N) is 1. The zero-order valence-corrected chi connectivity index (χ0v) is 11.5. The second-order valence-corrected chi connectivity index (χ2v) is 5.44. The predicted molar refractivity (Wildman–Crippen MR) is 80.3 cm³/mol. The molecule has 2 aromatic carbocycles. The van der Waals surface area contributed by atoms with Gasteiger partial charge < -0.3 is 4.74 Å². The van der Waals surface area contributed by atoms with Crippen molar-refractivity contribution >= 4 is 49.1 Å². The van der Waals surface area contributed by atoms with Gasteiger partial charge in [-0.25, -0.2) is 4.79 Å². The quantitative estimate of drug-likeness (QED) is 0.541. The number of hydrogen-bond acceptors (Lipinski definition) is 4. The molecule has 0 aliphatic carbocycles. The van der Waals surface area contributed by atoms with Crippen LogP contribution in [-0.4, -0.2) is 23.3 Å². The zero-order chi connectivity index (χ0) is 13.7. The molecular formula is C15H10N2O2S. The number of H-pyrrole nitrogens is 1. The van der Waals surface area contributed by atoms with Crippen molar-refractivity contribution < 1.29 is 9.53 Å². The summed E-state index contributed by atoms with van der Waals surface area (Å²) in [6.07, 6.45) is 0. The molecule has 2 heterocycles. The first-order valence-corrected chi connectivity index (χ1v) is 7.03. The van der Waals surface area contributed by atoms with Gasteiger partial charge in [0.15, 0.2) is 5.69 Å². The van der Waals surface area contributed by atoms with E-state index in [0.29, 0.717) is 5.69 Å². The maximum atomic E-state index is 11.9. The average molecular weight is 282 g/mol. The van der Waals surface area contributed by atoms with Crippen LogP contribution in [0.5, 0.6) is 0 Å². The van der Waals surface area contributed by atoms with Crippen molar-refractivity contribution in [3.8, 4) is 0 Å². The molecule has 0 saturated carbocycles. The Balaban J connectivity index is 2.31. The normalized spacial score (nSPS) is 11.4. The van der Waals surface area contributed by atoms with Crippen molar-refractivity contribution in [2.24, 2.45) is 0 Å². The first kappa shape index (κ1) is 11.4. The van der Waals surface area contributed by atoms with Crippen LogP contribution in [0.3, 0.4) is 0 Å². The van der Waals surface area contributed by atoms with Gasteiger partial charge in [0.1, 0.15) is 5.52 Å². The molecule has 0 unspecified atom stereocenters. The lowest BCUT2D eigenvalue weighted by Crippen LogP contribution is -2.02. The summed E-state index contributed by atoms with van der Waals surface area (Å²) in [6, 6.07) is 10.1. The van der Waals surface area contributed by atoms with E-state index in [1.807, 2.05) is 29.6 Å². The molecule has 0 fully saturated rings. The fourth-order valence-corrected chi connectivity index (χ4v) is 3.59. The summed E-state index contributed by atoms with van der Waals surface area (Å²) in [5.41, 5.74) is 1.23. The third kappa shape index (κ3) is 1.35. The molecule has 0 radical (unpaired) electrons. The number of carbonyl (C=O) groups excluding carboxylic acids is 1. The summed E-state index contributed by atoms with van der Waals surface area (Å²) in [7, 11) is 1.38. The number of ether oxygens (including phenoxy) is 1. The van der Waals surface area contributed by atoms with Crippen LogP contribution in [0.2, 0.25) is 0 Å². The van der Waals surface area contributed by atoms with Gasteiger partial charge in [-0.2, -0.15) is 5.10 Å². The van der Waals surface area contributed by atoms with Gasteiger partial charge in [-0.1, -0.05) is 24.3 Å². The second-order valence-electron chi connectivity index (χ2n) is 4.52. The molecule has 0 spiro atoms.